The van der Waals surface area contributed by atoms with E-state index in [1.807, 2.05) is 19.9 Å². The zero-order valence-electron chi connectivity index (χ0n) is 20.3. The largest absolute Gasteiger partial charge is 0.493 e. The van der Waals surface area contributed by atoms with Crippen LogP contribution in [0.4, 0.5) is 5.69 Å². The topological polar surface area (TPSA) is 122 Å². The highest BCUT2D eigenvalue weighted by atomic mass is 79.9. The number of ether oxygens (including phenoxy) is 2. The van der Waals surface area contributed by atoms with Crippen molar-refractivity contribution >= 4 is 70.6 Å². The van der Waals surface area contributed by atoms with E-state index in [9.17, 15) is 14.9 Å². The molecular weight excluding hydrogens is 690 g/mol. The van der Waals surface area contributed by atoms with Crippen molar-refractivity contribution < 1.29 is 14.4 Å². The number of methoxy groups -OCH3 is 1. The molecule has 0 radical (unpaired) electrons. The standard InChI is InChI=1S/C25H20Br3N5O5/c1-4-13(2)24-31-18-7-5-15(26)10-17(18)25(34)32(24)30-11-14-9-19(37-3)23(22(28)21(14)27)38-20-8-6-16(12-29-20)33(35)36/h5-13H,4H2,1-3H3/t13-/m0/s1. The molecule has 4 aromatic rings. The van der Waals surface area contributed by atoms with Gasteiger partial charge in [0.1, 0.15) is 12.0 Å². The van der Waals surface area contributed by atoms with E-state index in [1.54, 1.807) is 18.2 Å². The van der Waals surface area contributed by atoms with Gasteiger partial charge in [-0.2, -0.15) is 9.78 Å². The monoisotopic (exact) mass is 707 g/mol. The Morgan fingerprint density at radius 2 is 1.95 bits per heavy atom. The highest BCUT2D eigenvalue weighted by molar-refractivity contribution is 9.13. The van der Waals surface area contributed by atoms with Gasteiger partial charge in [-0.15, -0.1) is 0 Å². The Labute approximate surface area is 242 Å². The van der Waals surface area contributed by atoms with Crippen molar-refractivity contribution in [1.82, 2.24) is 14.6 Å². The van der Waals surface area contributed by atoms with Crippen LogP contribution in [-0.4, -0.2) is 32.9 Å². The lowest BCUT2D eigenvalue weighted by Gasteiger charge is -2.15. The van der Waals surface area contributed by atoms with Crippen molar-refractivity contribution in [3.8, 4) is 17.4 Å². The quantitative estimate of drug-likeness (QED) is 0.108. The fraction of sp³-hybridized carbons (Fsp3) is 0.200. The molecule has 2 heterocycles. The van der Waals surface area contributed by atoms with E-state index < -0.39 is 4.92 Å². The van der Waals surface area contributed by atoms with Gasteiger partial charge in [0.2, 0.25) is 5.88 Å². The van der Waals surface area contributed by atoms with E-state index >= 15 is 0 Å². The molecule has 2 aromatic carbocycles. The maximum absolute atomic E-state index is 13.4. The second-order valence-corrected chi connectivity index (χ2v) is 10.6. The Hall–Kier alpha value is -3.16. The summed E-state index contributed by atoms with van der Waals surface area (Å²) in [5.74, 6) is 1.32. The number of fused-ring (bicyclic) bond motifs is 1. The van der Waals surface area contributed by atoms with Gasteiger partial charge >= 0.3 is 0 Å². The van der Waals surface area contributed by atoms with Gasteiger partial charge in [0.15, 0.2) is 11.5 Å². The summed E-state index contributed by atoms with van der Waals surface area (Å²) in [4.78, 5) is 32.5. The third kappa shape index (κ3) is 5.64. The van der Waals surface area contributed by atoms with Crippen molar-refractivity contribution in [2.45, 2.75) is 26.2 Å². The van der Waals surface area contributed by atoms with Crippen molar-refractivity contribution in [1.29, 1.82) is 0 Å². The van der Waals surface area contributed by atoms with Gasteiger partial charge in [-0.25, -0.2) is 9.97 Å². The summed E-state index contributed by atoms with van der Waals surface area (Å²) < 4.78 is 14.5. The first-order valence-electron chi connectivity index (χ1n) is 11.2. The van der Waals surface area contributed by atoms with E-state index in [-0.39, 0.29) is 23.0 Å². The van der Waals surface area contributed by atoms with Gasteiger partial charge < -0.3 is 9.47 Å². The summed E-state index contributed by atoms with van der Waals surface area (Å²) in [6.45, 7) is 4.01. The molecule has 4 rings (SSSR count). The van der Waals surface area contributed by atoms with Crippen molar-refractivity contribution in [2.24, 2.45) is 5.10 Å². The van der Waals surface area contributed by atoms with Gasteiger partial charge in [0.05, 0.1) is 33.6 Å². The summed E-state index contributed by atoms with van der Waals surface area (Å²) >= 11 is 10.5. The zero-order chi connectivity index (χ0) is 27.6. The first-order chi connectivity index (χ1) is 18.1. The number of benzene rings is 2. The predicted octanol–water partition coefficient (Wildman–Crippen LogP) is 7.18. The molecule has 0 aliphatic rings. The Morgan fingerprint density at radius 1 is 1.18 bits per heavy atom. The van der Waals surface area contributed by atoms with Gasteiger partial charge in [-0.3, -0.25) is 14.9 Å². The predicted molar refractivity (Wildman–Crippen MR) is 155 cm³/mol. The molecule has 0 saturated heterocycles. The fourth-order valence-corrected chi connectivity index (χ4v) is 4.75. The lowest BCUT2D eigenvalue weighted by molar-refractivity contribution is -0.385. The van der Waals surface area contributed by atoms with Crippen LogP contribution in [0.1, 0.15) is 37.6 Å². The van der Waals surface area contributed by atoms with Crippen LogP contribution in [0.3, 0.4) is 0 Å². The molecule has 0 amide bonds. The molecule has 0 bridgehead atoms. The molecule has 196 valence electrons. The third-order valence-electron chi connectivity index (χ3n) is 5.71. The first-order valence-corrected chi connectivity index (χ1v) is 13.6. The third-order valence-corrected chi connectivity index (χ3v) is 8.35. The summed E-state index contributed by atoms with van der Waals surface area (Å²) in [7, 11) is 1.48. The molecule has 38 heavy (non-hydrogen) atoms. The average Bonchev–Trinajstić information content (AvgIpc) is 2.91. The molecule has 0 aliphatic carbocycles. The summed E-state index contributed by atoms with van der Waals surface area (Å²) in [6.07, 6.45) is 3.41. The van der Waals surface area contributed by atoms with Crippen LogP contribution in [0.5, 0.6) is 17.4 Å². The number of nitrogens with zero attached hydrogens (tertiary/aromatic N) is 5. The number of pyridine rings is 1. The fourth-order valence-electron chi connectivity index (χ4n) is 3.49. The zero-order valence-corrected chi connectivity index (χ0v) is 25.1. The maximum Gasteiger partial charge on any atom is 0.287 e. The molecule has 0 unspecified atom stereocenters. The molecule has 0 aliphatic heterocycles. The lowest BCUT2D eigenvalue weighted by Crippen LogP contribution is -2.23. The number of halogens is 3. The molecule has 1 atom stereocenters. The molecular formula is C25H20Br3N5O5. The van der Waals surface area contributed by atoms with Gasteiger partial charge in [0, 0.05) is 32.6 Å². The maximum atomic E-state index is 13.4. The normalized spacial score (nSPS) is 12.2. The number of nitro groups is 1. The van der Waals surface area contributed by atoms with Crippen LogP contribution in [0, 0.1) is 10.1 Å². The summed E-state index contributed by atoms with van der Waals surface area (Å²) in [5, 5.41) is 15.9. The molecule has 0 saturated carbocycles. The first kappa shape index (κ1) is 27.9. The minimum absolute atomic E-state index is 0.0115. The van der Waals surface area contributed by atoms with E-state index in [1.165, 1.54) is 30.1 Å². The van der Waals surface area contributed by atoms with E-state index in [2.05, 4.69) is 57.9 Å². The molecule has 0 fully saturated rings. The minimum atomic E-state index is -0.542. The highest BCUT2D eigenvalue weighted by Gasteiger charge is 2.20. The highest BCUT2D eigenvalue weighted by Crippen LogP contribution is 2.44. The van der Waals surface area contributed by atoms with Crippen molar-refractivity contribution in [2.75, 3.05) is 7.11 Å². The van der Waals surface area contributed by atoms with Crippen LogP contribution < -0.4 is 15.0 Å². The van der Waals surface area contributed by atoms with E-state index in [0.717, 1.165) is 17.1 Å². The molecule has 13 heteroatoms. The summed E-state index contributed by atoms with van der Waals surface area (Å²) in [6, 6.07) is 9.74. The van der Waals surface area contributed by atoms with Crippen LogP contribution in [-0.2, 0) is 0 Å². The van der Waals surface area contributed by atoms with Crippen LogP contribution in [0.2, 0.25) is 0 Å². The van der Waals surface area contributed by atoms with Crippen LogP contribution in [0.25, 0.3) is 10.9 Å². The summed E-state index contributed by atoms with van der Waals surface area (Å²) in [5.41, 5.74) is 0.758. The lowest BCUT2D eigenvalue weighted by atomic mass is 10.1. The van der Waals surface area contributed by atoms with Crippen LogP contribution >= 0.6 is 47.8 Å². The Balaban J connectivity index is 1.77. The molecule has 2 aromatic heterocycles. The van der Waals surface area contributed by atoms with Gasteiger partial charge in [-0.05, 0) is 62.5 Å². The number of hydrogen-bond acceptors (Lipinski definition) is 8. The number of rotatable bonds is 8. The molecule has 0 N–H and O–H groups in total. The Bertz CT molecular complexity index is 1620. The van der Waals surface area contributed by atoms with E-state index in [4.69, 9.17) is 14.5 Å². The number of aromatic nitrogens is 3. The SMILES string of the molecule is CC[C@H](C)c1nc2ccc(Br)cc2c(=O)n1N=Cc1cc(OC)c(Oc2ccc([N+](=O)[O-])cn2)c(Br)c1Br. The van der Waals surface area contributed by atoms with Crippen molar-refractivity contribution in [3.63, 3.8) is 0 Å². The molecule has 10 nitrogen and oxygen atoms in total. The Morgan fingerprint density at radius 3 is 2.58 bits per heavy atom. The average molecular weight is 710 g/mol. The van der Waals surface area contributed by atoms with Gasteiger partial charge in [-0.1, -0.05) is 29.8 Å². The smallest absolute Gasteiger partial charge is 0.287 e. The minimum Gasteiger partial charge on any atom is -0.493 e. The molecule has 0 spiro atoms. The van der Waals surface area contributed by atoms with Gasteiger partial charge in [0.25, 0.3) is 11.2 Å². The number of hydrogen-bond donors (Lipinski definition) is 0. The second-order valence-electron chi connectivity index (χ2n) is 8.14. The van der Waals surface area contributed by atoms with Crippen molar-refractivity contribution in [3.05, 3.63) is 87.9 Å². The van der Waals surface area contributed by atoms with Crippen LogP contribution in [0.15, 0.2) is 65.9 Å². The Kier molecular flexibility index (Phi) is 8.58. The second kappa shape index (κ2) is 11.7. The van der Waals surface area contributed by atoms with E-state index in [0.29, 0.717) is 42.7 Å².